The van der Waals surface area contributed by atoms with Gasteiger partial charge in [0.15, 0.2) is 0 Å². The van der Waals surface area contributed by atoms with Crippen molar-refractivity contribution in [2.24, 2.45) is 5.73 Å². The Morgan fingerprint density at radius 1 is 1.69 bits per heavy atom. The number of hydrogen-bond donors (Lipinski definition) is 2. The molecule has 2 unspecified atom stereocenters. The van der Waals surface area contributed by atoms with Crippen molar-refractivity contribution in [3.05, 3.63) is 23.9 Å². The molecule has 2 rings (SSSR count). The van der Waals surface area contributed by atoms with Crippen LogP contribution >= 0.6 is 11.8 Å². The second-order valence-corrected chi connectivity index (χ2v) is 4.87. The summed E-state index contributed by atoms with van der Waals surface area (Å²) in [6.45, 7) is 1.81. The maximum Gasteiger partial charge on any atom is 0.321 e. The van der Waals surface area contributed by atoms with Crippen LogP contribution in [0.1, 0.15) is 6.92 Å². The monoisotopic (exact) mass is 240 g/mol. The van der Waals surface area contributed by atoms with Crippen molar-refractivity contribution in [1.82, 2.24) is 4.90 Å². The number of nitrogens with zero attached hydrogens (tertiary/aromatic N) is 1. The molecule has 6 heteroatoms. The lowest BCUT2D eigenvalue weighted by Gasteiger charge is -2.46. The quantitative estimate of drug-likeness (QED) is 0.671. The van der Waals surface area contributed by atoms with E-state index in [0.717, 1.165) is 0 Å². The van der Waals surface area contributed by atoms with Crippen LogP contribution in [0.25, 0.3) is 0 Å². The first-order valence-electron chi connectivity index (χ1n) is 4.86. The molecule has 1 saturated heterocycles. The molecule has 0 aliphatic carbocycles. The van der Waals surface area contributed by atoms with Crippen molar-refractivity contribution in [1.29, 1.82) is 0 Å². The number of thioether (sulfide) groups is 1. The van der Waals surface area contributed by atoms with E-state index in [9.17, 15) is 9.59 Å². The maximum atomic E-state index is 11.4. The van der Waals surface area contributed by atoms with Gasteiger partial charge in [-0.2, -0.15) is 0 Å². The highest BCUT2D eigenvalue weighted by atomic mass is 32.2. The molecule has 16 heavy (non-hydrogen) atoms. The Labute approximate surface area is 97.0 Å². The summed E-state index contributed by atoms with van der Waals surface area (Å²) in [6, 6.07) is -0.574. The van der Waals surface area contributed by atoms with Crippen LogP contribution < -0.4 is 5.73 Å². The van der Waals surface area contributed by atoms with E-state index >= 15 is 0 Å². The topological polar surface area (TPSA) is 83.6 Å². The highest BCUT2D eigenvalue weighted by Gasteiger charge is 2.49. The molecule has 0 aromatic carbocycles. The summed E-state index contributed by atoms with van der Waals surface area (Å²) >= 11 is 1.21. The number of carboxylic acids is 1. The number of carboxylic acid groups (broad SMARTS) is 1. The number of β-lactam (4-membered cyclic amide) rings is 1. The molecule has 1 amide bonds. The van der Waals surface area contributed by atoms with Gasteiger partial charge in [0.05, 0.1) is 0 Å². The molecule has 86 valence electrons. The molecule has 5 nitrogen and oxygen atoms in total. The molecule has 3 N–H and O–H groups in total. The van der Waals surface area contributed by atoms with Crippen molar-refractivity contribution in [2.75, 3.05) is 0 Å². The second kappa shape index (κ2) is 3.95. The van der Waals surface area contributed by atoms with Gasteiger partial charge in [0.1, 0.15) is 16.7 Å². The number of nitrogens with two attached hydrogens (primary N) is 1. The van der Waals surface area contributed by atoms with Crippen LogP contribution in [0.3, 0.4) is 0 Å². The van der Waals surface area contributed by atoms with E-state index in [0.29, 0.717) is 5.57 Å². The van der Waals surface area contributed by atoms with Gasteiger partial charge < -0.3 is 15.7 Å². The Morgan fingerprint density at radius 3 is 2.94 bits per heavy atom. The highest BCUT2D eigenvalue weighted by Crippen LogP contribution is 2.40. The van der Waals surface area contributed by atoms with Crippen molar-refractivity contribution in [3.63, 3.8) is 0 Å². The van der Waals surface area contributed by atoms with Gasteiger partial charge in [-0.25, -0.2) is 0 Å². The van der Waals surface area contributed by atoms with E-state index in [2.05, 4.69) is 0 Å². The van der Waals surface area contributed by atoms with Crippen LogP contribution in [0.15, 0.2) is 23.9 Å². The average Bonchev–Trinajstić information content (AvgIpc) is 2.27. The van der Waals surface area contributed by atoms with E-state index in [-0.39, 0.29) is 11.3 Å². The van der Waals surface area contributed by atoms with E-state index in [1.807, 2.05) is 0 Å². The number of fused-ring (bicyclic) bond motifs is 1. The summed E-state index contributed by atoms with van der Waals surface area (Å²) in [7, 11) is 0. The normalized spacial score (nSPS) is 33.4. The van der Waals surface area contributed by atoms with E-state index in [4.69, 9.17) is 10.8 Å². The molecule has 2 heterocycles. The molecule has 2 aliphatic heterocycles. The Balaban J connectivity index is 2.30. The second-order valence-electron chi connectivity index (χ2n) is 3.65. The Bertz CT molecular complexity index is 405. The Kier molecular flexibility index (Phi) is 2.77. The predicted molar refractivity (Wildman–Crippen MR) is 60.5 cm³/mol. The smallest absolute Gasteiger partial charge is 0.321 e. The van der Waals surface area contributed by atoms with Crippen LogP contribution in [-0.2, 0) is 9.59 Å². The van der Waals surface area contributed by atoms with Crippen molar-refractivity contribution in [2.45, 2.75) is 23.6 Å². The maximum absolute atomic E-state index is 11.4. The standard InChI is InChI=1S/C10H12N2O3S/c1-2-3-5-4-12-8(13)6(11)9(12)16-7(5)10(14)15/h2-4,6-7,9H,11H2,1H3,(H,14,15)/b3-2-/t6?,7?,9-/m1/s1. The van der Waals surface area contributed by atoms with Gasteiger partial charge in [0.2, 0.25) is 5.91 Å². The SMILES string of the molecule is C/C=C\C1=CN2C(=O)C(N)[C@H]2SC1C(=O)O. The Hall–Kier alpha value is -1.27. The van der Waals surface area contributed by atoms with Crippen LogP contribution in [0.5, 0.6) is 0 Å². The van der Waals surface area contributed by atoms with Crippen LogP contribution in [0, 0.1) is 0 Å². The number of allylic oxidation sites excluding steroid dienone is 2. The summed E-state index contributed by atoms with van der Waals surface area (Å²) in [6.07, 6.45) is 5.05. The van der Waals surface area contributed by atoms with E-state index in [1.165, 1.54) is 16.7 Å². The van der Waals surface area contributed by atoms with Gasteiger partial charge >= 0.3 is 5.97 Å². The number of rotatable bonds is 2. The largest absolute Gasteiger partial charge is 0.480 e. The number of aliphatic carboxylic acids is 1. The number of amides is 1. The lowest BCUT2D eigenvalue weighted by Crippen LogP contribution is -2.66. The van der Waals surface area contributed by atoms with E-state index < -0.39 is 17.3 Å². The molecular formula is C10H12N2O3S. The van der Waals surface area contributed by atoms with Crippen molar-refractivity contribution in [3.8, 4) is 0 Å². The molecule has 0 radical (unpaired) electrons. The van der Waals surface area contributed by atoms with Gasteiger partial charge in [-0.3, -0.25) is 9.59 Å². The zero-order chi connectivity index (χ0) is 11.9. The number of carbonyl (C=O) groups is 2. The third kappa shape index (κ3) is 1.54. The molecule has 0 spiro atoms. The highest BCUT2D eigenvalue weighted by molar-refractivity contribution is 8.01. The first-order chi connectivity index (χ1) is 7.56. The number of hydrogen-bond acceptors (Lipinski definition) is 4. The molecule has 0 aromatic heterocycles. The van der Waals surface area contributed by atoms with Crippen molar-refractivity contribution < 1.29 is 14.7 Å². The fourth-order valence-corrected chi connectivity index (χ4v) is 3.04. The minimum atomic E-state index is -0.902. The summed E-state index contributed by atoms with van der Waals surface area (Å²) in [5, 5.41) is 8.20. The minimum Gasteiger partial charge on any atom is -0.480 e. The molecule has 0 aromatic rings. The first-order valence-corrected chi connectivity index (χ1v) is 5.81. The van der Waals surface area contributed by atoms with Crippen LogP contribution in [0.2, 0.25) is 0 Å². The summed E-state index contributed by atoms with van der Waals surface area (Å²) in [4.78, 5) is 24.0. The molecule has 0 saturated carbocycles. The third-order valence-corrected chi connectivity index (χ3v) is 4.12. The summed E-state index contributed by atoms with van der Waals surface area (Å²) in [5.74, 6) is -1.05. The van der Waals surface area contributed by atoms with Gasteiger partial charge in [-0.15, -0.1) is 11.8 Å². The lowest BCUT2D eigenvalue weighted by atomic mass is 10.1. The zero-order valence-electron chi connectivity index (χ0n) is 8.66. The molecular weight excluding hydrogens is 228 g/mol. The van der Waals surface area contributed by atoms with Crippen LogP contribution in [0.4, 0.5) is 0 Å². The van der Waals surface area contributed by atoms with Gasteiger partial charge in [0.25, 0.3) is 0 Å². The fraction of sp³-hybridized carbons (Fsp3) is 0.400. The van der Waals surface area contributed by atoms with Gasteiger partial charge in [0, 0.05) is 6.20 Å². The molecule has 1 fully saturated rings. The summed E-state index contributed by atoms with van der Waals surface area (Å²) < 4.78 is 0. The first kappa shape index (κ1) is 11.2. The lowest BCUT2D eigenvalue weighted by molar-refractivity contribution is -0.141. The van der Waals surface area contributed by atoms with E-state index in [1.54, 1.807) is 25.3 Å². The molecule has 3 atom stereocenters. The van der Waals surface area contributed by atoms with Gasteiger partial charge in [-0.05, 0) is 12.5 Å². The number of carbonyl (C=O) groups excluding carboxylic acids is 1. The summed E-state index contributed by atoms with van der Waals surface area (Å²) in [5.41, 5.74) is 6.23. The average molecular weight is 240 g/mol. The minimum absolute atomic E-state index is 0.150. The fourth-order valence-electron chi connectivity index (χ4n) is 1.77. The van der Waals surface area contributed by atoms with Crippen LogP contribution in [-0.4, -0.2) is 38.5 Å². The third-order valence-electron chi connectivity index (χ3n) is 2.57. The van der Waals surface area contributed by atoms with Crippen molar-refractivity contribution >= 4 is 23.6 Å². The Morgan fingerprint density at radius 2 is 2.38 bits per heavy atom. The predicted octanol–water partition coefficient (Wildman–Crippen LogP) is 0.142. The zero-order valence-corrected chi connectivity index (χ0v) is 9.48. The van der Waals surface area contributed by atoms with Gasteiger partial charge in [-0.1, -0.05) is 12.2 Å². The molecule has 0 bridgehead atoms. The molecule has 2 aliphatic rings.